The minimum absolute atomic E-state index is 0.0910. The molecule has 1 aromatic rings. The molecular weight excluding hydrogens is 368 g/mol. The Hall–Kier alpha value is -1.83. The number of allylic oxidation sites excluding steroid dienone is 3. The van der Waals surface area contributed by atoms with Crippen molar-refractivity contribution in [3.8, 4) is 0 Å². The van der Waals surface area contributed by atoms with E-state index in [0.29, 0.717) is 10.8 Å². The molecule has 5 rings (SSSR count). The summed E-state index contributed by atoms with van der Waals surface area (Å²) in [4.78, 5) is 11.5. The zero-order chi connectivity index (χ0) is 21.1. The second-order valence-electron chi connectivity index (χ2n) is 10.9. The van der Waals surface area contributed by atoms with Crippen LogP contribution in [0, 0.1) is 35.5 Å². The molecule has 0 aliphatic heterocycles. The Morgan fingerprint density at radius 1 is 1.03 bits per heavy atom. The maximum atomic E-state index is 11.5. The summed E-state index contributed by atoms with van der Waals surface area (Å²) in [6, 6.07) is 9.11. The van der Waals surface area contributed by atoms with Gasteiger partial charge in [0.15, 0.2) is 0 Å². The first-order valence-electron chi connectivity index (χ1n) is 12.0. The molecule has 160 valence electrons. The summed E-state index contributed by atoms with van der Waals surface area (Å²) in [7, 11) is 0. The molecule has 0 unspecified atom stereocenters. The van der Waals surface area contributed by atoms with Gasteiger partial charge in [0.1, 0.15) is 6.10 Å². The van der Waals surface area contributed by atoms with E-state index in [2.05, 4.69) is 57.2 Å². The van der Waals surface area contributed by atoms with Crippen LogP contribution in [-0.4, -0.2) is 12.1 Å². The molecule has 0 bridgehead atoms. The van der Waals surface area contributed by atoms with Gasteiger partial charge in [0, 0.05) is 13.3 Å². The van der Waals surface area contributed by atoms with E-state index in [1.54, 1.807) is 18.1 Å². The van der Waals surface area contributed by atoms with E-state index >= 15 is 0 Å². The highest BCUT2D eigenvalue weighted by Gasteiger charge is 2.56. The number of fused-ring (bicyclic) bond motifs is 5. The van der Waals surface area contributed by atoms with E-state index in [1.807, 2.05) is 0 Å². The minimum Gasteiger partial charge on any atom is -0.462 e. The van der Waals surface area contributed by atoms with Gasteiger partial charge in [0.2, 0.25) is 0 Å². The number of esters is 1. The Balaban J connectivity index is 1.41. The van der Waals surface area contributed by atoms with Crippen LogP contribution < -0.4 is 0 Å². The van der Waals surface area contributed by atoms with Crippen LogP contribution in [0.3, 0.4) is 0 Å². The Bertz CT molecular complexity index is 924. The molecule has 0 radical (unpaired) electrons. The number of hydrogen-bond acceptors (Lipinski definition) is 2. The minimum atomic E-state index is -0.132. The predicted octanol–water partition coefficient (Wildman–Crippen LogP) is 6.88. The lowest BCUT2D eigenvalue weighted by atomic mass is 9.47. The number of hydrogen-bond donors (Lipinski definition) is 0. The lowest BCUT2D eigenvalue weighted by molar-refractivity contribution is -0.148. The van der Waals surface area contributed by atoms with Gasteiger partial charge in [-0.2, -0.15) is 0 Å². The van der Waals surface area contributed by atoms with Crippen LogP contribution in [0.1, 0.15) is 76.8 Å². The maximum absolute atomic E-state index is 11.5. The average Bonchev–Trinajstić information content (AvgIpc) is 3.05. The quantitative estimate of drug-likeness (QED) is 0.396. The Labute approximate surface area is 181 Å². The first kappa shape index (κ1) is 20.1. The molecule has 0 aromatic heterocycles. The summed E-state index contributed by atoms with van der Waals surface area (Å²) in [5, 5.41) is 0. The average molecular weight is 405 g/mol. The van der Waals surface area contributed by atoms with Crippen LogP contribution in [0.5, 0.6) is 0 Å². The van der Waals surface area contributed by atoms with Crippen molar-refractivity contribution in [2.75, 3.05) is 0 Å². The molecule has 0 heterocycles. The Morgan fingerprint density at radius 3 is 2.60 bits per heavy atom. The van der Waals surface area contributed by atoms with Gasteiger partial charge in [-0.25, -0.2) is 0 Å². The largest absolute Gasteiger partial charge is 0.462 e. The van der Waals surface area contributed by atoms with Crippen molar-refractivity contribution in [1.29, 1.82) is 0 Å². The number of rotatable bonds is 2. The third-order valence-corrected chi connectivity index (χ3v) is 9.30. The summed E-state index contributed by atoms with van der Waals surface area (Å²) in [5.41, 5.74) is 6.59. The van der Waals surface area contributed by atoms with Crippen molar-refractivity contribution in [1.82, 2.24) is 0 Å². The Morgan fingerprint density at radius 2 is 1.83 bits per heavy atom. The van der Waals surface area contributed by atoms with E-state index in [1.165, 1.54) is 43.2 Å². The molecule has 1 aromatic carbocycles. The topological polar surface area (TPSA) is 26.3 Å². The molecule has 30 heavy (non-hydrogen) atoms. The van der Waals surface area contributed by atoms with Gasteiger partial charge < -0.3 is 4.74 Å². The maximum Gasteiger partial charge on any atom is 0.302 e. The molecule has 6 atom stereocenters. The SMILES string of the molecule is CC(=O)O[C@H]1CC[C@@]2(C)C(=CC[C@@H]3[C@@H]2CC[C@]2(C)C(c4cccc(C)c4)=CC[C@@H]32)C1. The molecule has 2 nitrogen and oxygen atoms in total. The number of aryl methyl sites for hydroxylation is 1. The predicted molar refractivity (Wildman–Crippen MR) is 122 cm³/mol. The summed E-state index contributed by atoms with van der Waals surface area (Å²) < 4.78 is 5.59. The fraction of sp³-hybridized carbons (Fsp3) is 0.607. The van der Waals surface area contributed by atoms with Crippen LogP contribution in [0.25, 0.3) is 5.57 Å². The highest BCUT2D eigenvalue weighted by Crippen LogP contribution is 2.66. The first-order chi connectivity index (χ1) is 14.3. The van der Waals surface area contributed by atoms with Gasteiger partial charge in [-0.1, -0.05) is 61.4 Å². The molecule has 0 amide bonds. The zero-order valence-electron chi connectivity index (χ0n) is 19.0. The summed E-state index contributed by atoms with van der Waals surface area (Å²) in [6.07, 6.45) is 13.4. The van der Waals surface area contributed by atoms with E-state index in [-0.39, 0.29) is 12.1 Å². The van der Waals surface area contributed by atoms with Gasteiger partial charge in [0.05, 0.1) is 0 Å². The lowest BCUT2D eigenvalue weighted by Gasteiger charge is -2.57. The number of benzene rings is 1. The van der Waals surface area contributed by atoms with Gasteiger partial charge >= 0.3 is 5.97 Å². The van der Waals surface area contributed by atoms with Crippen molar-refractivity contribution < 1.29 is 9.53 Å². The van der Waals surface area contributed by atoms with E-state index in [0.717, 1.165) is 30.6 Å². The van der Waals surface area contributed by atoms with Crippen molar-refractivity contribution in [2.24, 2.45) is 28.6 Å². The van der Waals surface area contributed by atoms with Gasteiger partial charge in [-0.05, 0) is 85.2 Å². The molecule has 2 fully saturated rings. The van der Waals surface area contributed by atoms with Crippen molar-refractivity contribution >= 4 is 11.5 Å². The van der Waals surface area contributed by atoms with Gasteiger partial charge in [0.25, 0.3) is 0 Å². The van der Waals surface area contributed by atoms with Crippen LogP contribution in [0.4, 0.5) is 0 Å². The monoisotopic (exact) mass is 404 g/mol. The highest BCUT2D eigenvalue weighted by molar-refractivity contribution is 5.73. The van der Waals surface area contributed by atoms with E-state index < -0.39 is 0 Å². The summed E-state index contributed by atoms with van der Waals surface area (Å²) in [6.45, 7) is 8.82. The number of carbonyl (C=O) groups is 1. The smallest absolute Gasteiger partial charge is 0.302 e. The molecule has 4 aliphatic rings. The molecule has 0 spiro atoms. The van der Waals surface area contributed by atoms with E-state index in [4.69, 9.17) is 4.74 Å². The third-order valence-electron chi connectivity index (χ3n) is 9.30. The standard InChI is InChI=1S/C28H36O2/c1-18-6-5-7-20(16-18)24-10-11-25-23-9-8-21-17-22(30-19(2)29)12-14-27(21,3)26(23)13-15-28(24,25)4/h5-8,10,16,22-23,25-26H,9,11-15,17H2,1-4H3/t22-,23-,25-,26-,27-,28+/m0/s1. The molecule has 2 saturated carbocycles. The fourth-order valence-corrected chi connectivity index (χ4v) is 7.79. The molecule has 2 heteroatoms. The molecule has 0 saturated heterocycles. The molecular formula is C28H36O2. The second kappa shape index (κ2) is 7.11. The normalized spacial score (nSPS) is 39.9. The number of ether oxygens (including phenoxy) is 1. The van der Waals surface area contributed by atoms with Crippen LogP contribution in [-0.2, 0) is 9.53 Å². The lowest BCUT2D eigenvalue weighted by Crippen LogP contribution is -2.50. The van der Waals surface area contributed by atoms with Crippen LogP contribution in [0.2, 0.25) is 0 Å². The Kier molecular flexibility index (Phi) is 4.76. The first-order valence-corrected chi connectivity index (χ1v) is 12.0. The van der Waals surface area contributed by atoms with Crippen molar-refractivity contribution in [2.45, 2.75) is 78.7 Å². The highest BCUT2D eigenvalue weighted by atomic mass is 16.5. The third kappa shape index (κ3) is 3.01. The van der Waals surface area contributed by atoms with Gasteiger partial charge in [-0.3, -0.25) is 4.79 Å². The van der Waals surface area contributed by atoms with Crippen molar-refractivity contribution in [3.05, 3.63) is 53.1 Å². The fourth-order valence-electron chi connectivity index (χ4n) is 7.79. The molecule has 4 aliphatic carbocycles. The van der Waals surface area contributed by atoms with Crippen molar-refractivity contribution in [3.63, 3.8) is 0 Å². The zero-order valence-corrected chi connectivity index (χ0v) is 19.0. The van der Waals surface area contributed by atoms with Crippen LogP contribution >= 0.6 is 0 Å². The van der Waals surface area contributed by atoms with Gasteiger partial charge in [-0.15, -0.1) is 0 Å². The summed E-state index contributed by atoms with van der Waals surface area (Å²) in [5.74, 6) is 2.18. The van der Waals surface area contributed by atoms with E-state index in [9.17, 15) is 4.79 Å². The number of carbonyl (C=O) groups excluding carboxylic acids is 1. The molecule has 0 N–H and O–H groups in total. The summed E-state index contributed by atoms with van der Waals surface area (Å²) >= 11 is 0. The van der Waals surface area contributed by atoms with Crippen LogP contribution in [0.15, 0.2) is 42.0 Å². The second-order valence-corrected chi connectivity index (χ2v) is 10.9.